The fourth-order valence-electron chi connectivity index (χ4n) is 2.78. The van der Waals surface area contributed by atoms with Crippen molar-refractivity contribution in [2.24, 2.45) is 7.05 Å². The lowest BCUT2D eigenvalue weighted by Gasteiger charge is -2.12. The van der Waals surface area contributed by atoms with E-state index in [0.717, 1.165) is 11.1 Å². The van der Waals surface area contributed by atoms with Crippen LogP contribution in [0.25, 0.3) is 22.0 Å². The van der Waals surface area contributed by atoms with Gasteiger partial charge in [0.15, 0.2) is 0 Å². The monoisotopic (exact) mass is 293 g/mol. The van der Waals surface area contributed by atoms with E-state index < -0.39 is 5.97 Å². The quantitative estimate of drug-likeness (QED) is 0.789. The zero-order valence-electron chi connectivity index (χ0n) is 12.3. The molecule has 1 N–H and O–H groups in total. The van der Waals surface area contributed by atoms with Crippen LogP contribution < -0.4 is 5.56 Å². The fourth-order valence-corrected chi connectivity index (χ4v) is 2.78. The molecule has 0 bridgehead atoms. The highest BCUT2D eigenvalue weighted by Crippen LogP contribution is 2.26. The Labute approximate surface area is 127 Å². The Kier molecular flexibility index (Phi) is 3.29. The Bertz CT molecular complexity index is 940. The van der Waals surface area contributed by atoms with Gasteiger partial charge in [-0.3, -0.25) is 4.79 Å². The maximum Gasteiger partial charge on any atom is 0.336 e. The molecule has 0 saturated carbocycles. The summed E-state index contributed by atoms with van der Waals surface area (Å²) in [6.07, 6.45) is 0. The van der Waals surface area contributed by atoms with E-state index in [1.807, 2.05) is 42.5 Å². The number of benzene rings is 2. The molecule has 0 saturated heterocycles. The van der Waals surface area contributed by atoms with Crippen LogP contribution in [-0.2, 0) is 7.05 Å². The summed E-state index contributed by atoms with van der Waals surface area (Å²) in [6.45, 7) is 1.56. The minimum Gasteiger partial charge on any atom is -0.478 e. The number of rotatable bonds is 2. The first kappa shape index (κ1) is 14.1. The zero-order chi connectivity index (χ0) is 15.9. The molecule has 0 fully saturated rings. The molecule has 3 aromatic rings. The highest BCUT2D eigenvalue weighted by atomic mass is 16.4. The maximum atomic E-state index is 12.2. The third-order valence-electron chi connectivity index (χ3n) is 3.95. The Morgan fingerprint density at radius 1 is 1.05 bits per heavy atom. The summed E-state index contributed by atoms with van der Waals surface area (Å²) < 4.78 is 1.49. The van der Waals surface area contributed by atoms with Gasteiger partial charge in [-0.1, -0.05) is 36.4 Å². The average Bonchev–Trinajstić information content (AvgIpc) is 2.53. The normalized spacial score (nSPS) is 10.8. The van der Waals surface area contributed by atoms with Gasteiger partial charge in [0.05, 0.1) is 11.1 Å². The number of pyridine rings is 1. The predicted octanol–water partition coefficient (Wildman–Crippen LogP) is 3.21. The van der Waals surface area contributed by atoms with Crippen LogP contribution in [-0.4, -0.2) is 15.6 Å². The first-order valence-corrected chi connectivity index (χ1v) is 6.92. The van der Waals surface area contributed by atoms with Crippen molar-refractivity contribution < 1.29 is 9.90 Å². The number of carbonyl (C=O) groups is 1. The van der Waals surface area contributed by atoms with Gasteiger partial charge >= 0.3 is 5.97 Å². The van der Waals surface area contributed by atoms with Crippen molar-refractivity contribution >= 4 is 16.9 Å². The lowest BCUT2D eigenvalue weighted by molar-refractivity contribution is 0.0698. The number of nitrogens with zero attached hydrogens (tertiary/aromatic N) is 1. The molecule has 0 atom stereocenters. The van der Waals surface area contributed by atoms with Gasteiger partial charge in [-0.15, -0.1) is 0 Å². The summed E-state index contributed by atoms with van der Waals surface area (Å²) in [7, 11) is 1.66. The van der Waals surface area contributed by atoms with Gasteiger partial charge in [0.25, 0.3) is 5.56 Å². The van der Waals surface area contributed by atoms with E-state index in [-0.39, 0.29) is 16.7 Å². The molecule has 0 unspecified atom stereocenters. The molecule has 0 radical (unpaired) electrons. The zero-order valence-corrected chi connectivity index (χ0v) is 12.3. The lowest BCUT2D eigenvalue weighted by atomic mass is 9.98. The maximum absolute atomic E-state index is 12.2. The first-order valence-electron chi connectivity index (χ1n) is 6.92. The van der Waals surface area contributed by atoms with Crippen LogP contribution in [0.15, 0.2) is 53.3 Å². The number of aromatic nitrogens is 1. The van der Waals surface area contributed by atoms with E-state index in [1.54, 1.807) is 20.0 Å². The number of fused-ring (bicyclic) bond motifs is 1. The summed E-state index contributed by atoms with van der Waals surface area (Å²) >= 11 is 0. The van der Waals surface area contributed by atoms with Gasteiger partial charge in [-0.2, -0.15) is 0 Å². The molecule has 22 heavy (non-hydrogen) atoms. The van der Waals surface area contributed by atoms with Crippen LogP contribution in [0.1, 0.15) is 15.9 Å². The first-order chi connectivity index (χ1) is 10.5. The molecular weight excluding hydrogens is 278 g/mol. The summed E-state index contributed by atoms with van der Waals surface area (Å²) in [5, 5.41) is 10.1. The molecular formula is C18H15NO3. The Morgan fingerprint density at radius 3 is 2.36 bits per heavy atom. The molecule has 1 heterocycles. The highest BCUT2D eigenvalue weighted by molar-refractivity contribution is 6.05. The van der Waals surface area contributed by atoms with Crippen molar-refractivity contribution in [1.29, 1.82) is 0 Å². The van der Waals surface area contributed by atoms with E-state index in [4.69, 9.17) is 0 Å². The van der Waals surface area contributed by atoms with Gasteiger partial charge < -0.3 is 9.67 Å². The van der Waals surface area contributed by atoms with Crippen molar-refractivity contribution in [1.82, 2.24) is 4.57 Å². The van der Waals surface area contributed by atoms with Crippen molar-refractivity contribution in [2.75, 3.05) is 0 Å². The van der Waals surface area contributed by atoms with Crippen molar-refractivity contribution in [2.45, 2.75) is 6.92 Å². The number of carboxylic acid groups (broad SMARTS) is 1. The molecule has 0 spiro atoms. The largest absolute Gasteiger partial charge is 0.478 e. The second-order valence-corrected chi connectivity index (χ2v) is 5.27. The van der Waals surface area contributed by atoms with Gasteiger partial charge in [-0.05, 0) is 30.2 Å². The SMILES string of the molecule is Cc1c(C(=O)O)c2cc(-c3ccccc3)ccc2n(C)c1=O. The lowest BCUT2D eigenvalue weighted by Crippen LogP contribution is -2.23. The molecule has 0 aliphatic heterocycles. The van der Waals surface area contributed by atoms with Crippen LogP contribution in [0.3, 0.4) is 0 Å². The molecule has 0 aliphatic rings. The summed E-state index contributed by atoms with van der Waals surface area (Å²) in [5.74, 6) is -1.08. The minimum absolute atomic E-state index is 0.0795. The molecule has 4 nitrogen and oxygen atoms in total. The van der Waals surface area contributed by atoms with Crippen molar-refractivity contribution in [3.05, 3.63) is 70.0 Å². The molecule has 110 valence electrons. The highest BCUT2D eigenvalue weighted by Gasteiger charge is 2.17. The standard InChI is InChI=1S/C18H15NO3/c1-11-16(18(21)22)14-10-13(12-6-4-3-5-7-12)8-9-15(14)19(2)17(11)20/h3-10H,1-2H3,(H,21,22). The van der Waals surface area contributed by atoms with E-state index in [2.05, 4.69) is 0 Å². The smallest absolute Gasteiger partial charge is 0.336 e. The average molecular weight is 293 g/mol. The van der Waals surface area contributed by atoms with Gasteiger partial charge in [-0.25, -0.2) is 4.79 Å². The number of carboxylic acids is 1. The second-order valence-electron chi connectivity index (χ2n) is 5.27. The Morgan fingerprint density at radius 2 is 1.73 bits per heavy atom. The van der Waals surface area contributed by atoms with E-state index >= 15 is 0 Å². The number of hydrogen-bond donors (Lipinski definition) is 1. The molecule has 2 aromatic carbocycles. The molecule has 3 rings (SSSR count). The van der Waals surface area contributed by atoms with E-state index in [0.29, 0.717) is 10.9 Å². The topological polar surface area (TPSA) is 59.3 Å². The summed E-state index contributed by atoms with van der Waals surface area (Å²) in [6, 6.07) is 15.3. The van der Waals surface area contributed by atoms with Crippen LogP contribution in [0.2, 0.25) is 0 Å². The van der Waals surface area contributed by atoms with Crippen LogP contribution >= 0.6 is 0 Å². The Balaban J connectivity index is 2.41. The number of aryl methyl sites for hydroxylation is 1. The third kappa shape index (κ3) is 2.09. The van der Waals surface area contributed by atoms with Crippen LogP contribution in [0.4, 0.5) is 0 Å². The summed E-state index contributed by atoms with van der Waals surface area (Å²) in [5.41, 5.74) is 2.61. The molecule has 4 heteroatoms. The minimum atomic E-state index is -1.08. The number of hydrogen-bond acceptors (Lipinski definition) is 2. The third-order valence-corrected chi connectivity index (χ3v) is 3.95. The summed E-state index contributed by atoms with van der Waals surface area (Å²) in [4.78, 5) is 23.8. The number of aromatic carboxylic acids is 1. The predicted molar refractivity (Wildman–Crippen MR) is 86.3 cm³/mol. The van der Waals surface area contributed by atoms with Crippen LogP contribution in [0, 0.1) is 6.92 Å². The molecule has 0 aliphatic carbocycles. The van der Waals surface area contributed by atoms with Gasteiger partial charge in [0.2, 0.25) is 0 Å². The second kappa shape index (κ2) is 5.15. The molecule has 0 amide bonds. The van der Waals surface area contributed by atoms with Crippen molar-refractivity contribution in [3.63, 3.8) is 0 Å². The Hall–Kier alpha value is -2.88. The van der Waals surface area contributed by atoms with Crippen LogP contribution in [0.5, 0.6) is 0 Å². The molecule has 1 aromatic heterocycles. The van der Waals surface area contributed by atoms with E-state index in [1.165, 1.54) is 4.57 Å². The van der Waals surface area contributed by atoms with Gasteiger partial charge in [0, 0.05) is 18.0 Å². The fraction of sp³-hybridized carbons (Fsp3) is 0.111. The van der Waals surface area contributed by atoms with E-state index in [9.17, 15) is 14.7 Å². The van der Waals surface area contributed by atoms with Crippen molar-refractivity contribution in [3.8, 4) is 11.1 Å². The van der Waals surface area contributed by atoms with Gasteiger partial charge in [0.1, 0.15) is 0 Å².